The lowest BCUT2D eigenvalue weighted by molar-refractivity contribution is 0.338. The number of hydrogen-bond donors (Lipinski definition) is 1. The largest absolute Gasteiger partial charge is 0.492 e. The maximum Gasteiger partial charge on any atom is 0.137 e. The standard InChI is InChI=1S/C15H19ClN2OS/c1-4-18-14(15-13(16)10(3)9-20-15)11-6-12(19-5-2)8-17-7-11/h6-9,14,18H,4-5H2,1-3H3. The van der Waals surface area contributed by atoms with Crippen molar-refractivity contribution in [1.82, 2.24) is 10.3 Å². The Hall–Kier alpha value is -1.10. The first-order chi connectivity index (χ1) is 9.67. The molecule has 1 atom stereocenters. The van der Waals surface area contributed by atoms with Crippen molar-refractivity contribution in [1.29, 1.82) is 0 Å². The number of thiophene rings is 1. The molecule has 0 radical (unpaired) electrons. The highest BCUT2D eigenvalue weighted by Crippen LogP contribution is 2.36. The van der Waals surface area contributed by atoms with Gasteiger partial charge < -0.3 is 10.1 Å². The Morgan fingerprint density at radius 3 is 2.80 bits per heavy atom. The monoisotopic (exact) mass is 310 g/mol. The Bertz CT molecular complexity index is 571. The summed E-state index contributed by atoms with van der Waals surface area (Å²) >= 11 is 8.08. The zero-order valence-corrected chi connectivity index (χ0v) is 13.5. The maximum atomic E-state index is 6.41. The molecule has 3 nitrogen and oxygen atoms in total. The number of halogens is 1. The van der Waals surface area contributed by atoms with Crippen LogP contribution in [0.2, 0.25) is 5.02 Å². The van der Waals surface area contributed by atoms with E-state index in [4.69, 9.17) is 16.3 Å². The lowest BCUT2D eigenvalue weighted by atomic mass is 10.1. The van der Waals surface area contributed by atoms with Crippen LogP contribution in [0.4, 0.5) is 0 Å². The van der Waals surface area contributed by atoms with Gasteiger partial charge in [-0.25, -0.2) is 0 Å². The second kappa shape index (κ2) is 7.07. The van der Waals surface area contributed by atoms with Crippen LogP contribution < -0.4 is 10.1 Å². The van der Waals surface area contributed by atoms with Crippen molar-refractivity contribution in [3.05, 3.63) is 44.9 Å². The molecular formula is C15H19ClN2OS. The van der Waals surface area contributed by atoms with Gasteiger partial charge in [-0.3, -0.25) is 4.98 Å². The summed E-state index contributed by atoms with van der Waals surface area (Å²) in [6.07, 6.45) is 3.60. The van der Waals surface area contributed by atoms with Gasteiger partial charge in [-0.1, -0.05) is 18.5 Å². The predicted octanol–water partition coefficient (Wildman–Crippen LogP) is 4.20. The zero-order chi connectivity index (χ0) is 14.5. The first-order valence-electron chi connectivity index (χ1n) is 6.72. The summed E-state index contributed by atoms with van der Waals surface area (Å²) in [4.78, 5) is 5.39. The van der Waals surface area contributed by atoms with E-state index in [-0.39, 0.29) is 6.04 Å². The van der Waals surface area contributed by atoms with E-state index >= 15 is 0 Å². The highest BCUT2D eigenvalue weighted by Gasteiger charge is 2.20. The van der Waals surface area contributed by atoms with Crippen molar-refractivity contribution in [3.63, 3.8) is 0 Å². The van der Waals surface area contributed by atoms with Crippen LogP contribution in [0, 0.1) is 6.92 Å². The van der Waals surface area contributed by atoms with Gasteiger partial charge in [0.2, 0.25) is 0 Å². The summed E-state index contributed by atoms with van der Waals surface area (Å²) in [6, 6.07) is 2.08. The van der Waals surface area contributed by atoms with Crippen molar-refractivity contribution in [2.45, 2.75) is 26.8 Å². The first kappa shape index (κ1) is 15.3. The topological polar surface area (TPSA) is 34.2 Å². The van der Waals surface area contributed by atoms with Crippen molar-refractivity contribution in [2.75, 3.05) is 13.2 Å². The number of hydrogen-bond acceptors (Lipinski definition) is 4. The van der Waals surface area contributed by atoms with Gasteiger partial charge in [0.05, 0.1) is 23.9 Å². The van der Waals surface area contributed by atoms with Crippen LogP contribution >= 0.6 is 22.9 Å². The number of nitrogens with one attached hydrogen (secondary N) is 1. The van der Waals surface area contributed by atoms with Crippen LogP contribution in [-0.4, -0.2) is 18.1 Å². The van der Waals surface area contributed by atoms with Crippen LogP contribution in [0.25, 0.3) is 0 Å². The van der Waals surface area contributed by atoms with Gasteiger partial charge in [0.15, 0.2) is 0 Å². The quantitative estimate of drug-likeness (QED) is 0.868. The molecule has 0 fully saturated rings. The summed E-state index contributed by atoms with van der Waals surface area (Å²) in [5.74, 6) is 0.789. The molecule has 0 aromatic carbocycles. The lowest BCUT2D eigenvalue weighted by Crippen LogP contribution is -2.21. The molecule has 0 aliphatic rings. The average molecular weight is 311 g/mol. The fourth-order valence-electron chi connectivity index (χ4n) is 2.05. The third-order valence-electron chi connectivity index (χ3n) is 2.97. The van der Waals surface area contributed by atoms with Crippen LogP contribution in [-0.2, 0) is 0 Å². The number of nitrogens with zero attached hydrogens (tertiary/aromatic N) is 1. The van der Waals surface area contributed by atoms with Gasteiger partial charge in [-0.2, -0.15) is 0 Å². The van der Waals surface area contributed by atoms with Crippen molar-refractivity contribution in [3.8, 4) is 5.75 Å². The summed E-state index contributed by atoms with van der Waals surface area (Å²) in [5.41, 5.74) is 2.19. The summed E-state index contributed by atoms with van der Waals surface area (Å²) in [6.45, 7) is 7.57. The number of rotatable bonds is 6. The fourth-order valence-corrected chi connectivity index (χ4v) is 3.45. The molecule has 108 valence electrons. The van der Waals surface area contributed by atoms with Gasteiger partial charge in [-0.15, -0.1) is 11.3 Å². The van der Waals surface area contributed by atoms with E-state index in [0.29, 0.717) is 6.61 Å². The Kier molecular flexibility index (Phi) is 5.40. The second-order valence-corrected chi connectivity index (χ2v) is 5.76. The molecule has 20 heavy (non-hydrogen) atoms. The summed E-state index contributed by atoms with van der Waals surface area (Å²) in [5, 5.41) is 6.39. The Balaban J connectivity index is 2.37. The van der Waals surface area contributed by atoms with E-state index in [1.54, 1.807) is 17.5 Å². The van der Waals surface area contributed by atoms with Gasteiger partial charge in [0, 0.05) is 11.1 Å². The van der Waals surface area contributed by atoms with Crippen LogP contribution in [0.1, 0.15) is 35.9 Å². The molecule has 5 heteroatoms. The molecule has 0 bridgehead atoms. The van der Waals surface area contributed by atoms with E-state index in [9.17, 15) is 0 Å². The minimum Gasteiger partial charge on any atom is -0.492 e. The van der Waals surface area contributed by atoms with E-state index in [1.165, 1.54) is 0 Å². The van der Waals surface area contributed by atoms with E-state index in [2.05, 4.69) is 22.6 Å². The number of pyridine rings is 1. The zero-order valence-electron chi connectivity index (χ0n) is 11.9. The van der Waals surface area contributed by atoms with Crippen LogP contribution in [0.3, 0.4) is 0 Å². The molecule has 0 aliphatic heterocycles. The maximum absolute atomic E-state index is 6.41. The molecule has 1 unspecified atom stereocenters. The molecule has 0 saturated heterocycles. The second-order valence-electron chi connectivity index (χ2n) is 4.47. The minimum atomic E-state index is 0.0547. The Morgan fingerprint density at radius 1 is 1.40 bits per heavy atom. The molecule has 1 N–H and O–H groups in total. The molecule has 0 aliphatic carbocycles. The lowest BCUT2D eigenvalue weighted by Gasteiger charge is -2.18. The van der Waals surface area contributed by atoms with Crippen molar-refractivity contribution in [2.24, 2.45) is 0 Å². The van der Waals surface area contributed by atoms with Crippen molar-refractivity contribution >= 4 is 22.9 Å². The molecular weight excluding hydrogens is 292 g/mol. The van der Waals surface area contributed by atoms with Gasteiger partial charge >= 0.3 is 0 Å². The number of aryl methyl sites for hydroxylation is 1. The molecule has 2 aromatic heterocycles. The summed E-state index contributed by atoms with van der Waals surface area (Å²) in [7, 11) is 0. The minimum absolute atomic E-state index is 0.0547. The van der Waals surface area contributed by atoms with Gasteiger partial charge in [0.25, 0.3) is 0 Å². The SMILES string of the molecule is CCNC(c1cncc(OCC)c1)c1scc(C)c1Cl. The first-order valence-corrected chi connectivity index (χ1v) is 7.97. The molecule has 0 spiro atoms. The molecule has 0 amide bonds. The smallest absolute Gasteiger partial charge is 0.137 e. The van der Waals surface area contributed by atoms with Gasteiger partial charge in [0.1, 0.15) is 5.75 Å². The highest BCUT2D eigenvalue weighted by atomic mass is 35.5. The molecule has 2 rings (SSSR count). The Labute approximate surface area is 129 Å². The van der Waals surface area contributed by atoms with Gasteiger partial charge in [-0.05, 0) is 43.0 Å². The number of ether oxygens (including phenoxy) is 1. The summed E-state index contributed by atoms with van der Waals surface area (Å²) < 4.78 is 5.53. The van der Waals surface area contributed by atoms with Crippen LogP contribution in [0.5, 0.6) is 5.75 Å². The van der Waals surface area contributed by atoms with E-state index in [1.807, 2.05) is 26.1 Å². The third-order valence-corrected chi connectivity index (χ3v) is 4.75. The Morgan fingerprint density at radius 2 is 2.20 bits per heavy atom. The molecule has 2 heterocycles. The third kappa shape index (κ3) is 3.32. The highest BCUT2D eigenvalue weighted by molar-refractivity contribution is 7.10. The normalized spacial score (nSPS) is 12.4. The molecule has 2 aromatic rings. The predicted molar refractivity (Wildman–Crippen MR) is 85.0 cm³/mol. The fraction of sp³-hybridized carbons (Fsp3) is 0.400. The number of aromatic nitrogens is 1. The molecule has 0 saturated carbocycles. The van der Waals surface area contributed by atoms with E-state index in [0.717, 1.165) is 33.3 Å². The van der Waals surface area contributed by atoms with Crippen LogP contribution in [0.15, 0.2) is 23.8 Å². The van der Waals surface area contributed by atoms with Crippen molar-refractivity contribution < 1.29 is 4.74 Å². The average Bonchev–Trinajstić information content (AvgIpc) is 2.77. The van der Waals surface area contributed by atoms with E-state index < -0.39 is 0 Å².